The van der Waals surface area contributed by atoms with Crippen LogP contribution in [0.5, 0.6) is 0 Å². The van der Waals surface area contributed by atoms with Crippen molar-refractivity contribution in [1.29, 1.82) is 0 Å². The highest BCUT2D eigenvalue weighted by Gasteiger charge is 2.19. The second-order valence-electron chi connectivity index (χ2n) is 5.40. The van der Waals surface area contributed by atoms with Gasteiger partial charge in [-0.25, -0.2) is 0 Å². The summed E-state index contributed by atoms with van der Waals surface area (Å²) < 4.78 is 7.45. The van der Waals surface area contributed by atoms with Crippen molar-refractivity contribution in [3.63, 3.8) is 0 Å². The van der Waals surface area contributed by atoms with E-state index in [2.05, 4.69) is 40.3 Å². The lowest BCUT2D eigenvalue weighted by atomic mass is 10.1. The molecule has 1 saturated carbocycles. The van der Waals surface area contributed by atoms with Gasteiger partial charge in [0.15, 0.2) is 0 Å². The van der Waals surface area contributed by atoms with E-state index in [1.807, 2.05) is 0 Å². The molecule has 1 N–H and O–H groups in total. The number of aromatic nitrogens is 1. The van der Waals surface area contributed by atoms with Gasteiger partial charge in [-0.1, -0.05) is 12.1 Å². The number of methoxy groups -OCH3 is 1. The predicted molar refractivity (Wildman–Crippen MR) is 78.3 cm³/mol. The second kappa shape index (κ2) is 5.76. The van der Waals surface area contributed by atoms with Crippen molar-refractivity contribution < 1.29 is 4.74 Å². The molecule has 1 aromatic carbocycles. The largest absolute Gasteiger partial charge is 0.385 e. The highest BCUT2D eigenvalue weighted by atomic mass is 16.5. The van der Waals surface area contributed by atoms with Gasteiger partial charge in [-0.05, 0) is 42.3 Å². The maximum Gasteiger partial charge on any atom is 0.0483 e. The van der Waals surface area contributed by atoms with Gasteiger partial charge < -0.3 is 14.6 Å². The Balaban J connectivity index is 1.72. The van der Waals surface area contributed by atoms with E-state index in [4.69, 9.17) is 4.74 Å². The van der Waals surface area contributed by atoms with E-state index in [9.17, 15) is 0 Å². The Labute approximate surface area is 114 Å². The van der Waals surface area contributed by atoms with E-state index in [1.54, 1.807) is 7.11 Å². The SMILES string of the molecule is COCCCn1ccc2ccc(CNC3CC3)cc21. The van der Waals surface area contributed by atoms with Crippen molar-refractivity contribution in [3.05, 3.63) is 36.0 Å². The number of nitrogens with one attached hydrogen (secondary N) is 1. The first-order valence-electron chi connectivity index (χ1n) is 7.17. The van der Waals surface area contributed by atoms with Crippen LogP contribution in [0.4, 0.5) is 0 Å². The van der Waals surface area contributed by atoms with E-state index in [-0.39, 0.29) is 0 Å². The van der Waals surface area contributed by atoms with E-state index in [0.717, 1.165) is 32.2 Å². The van der Waals surface area contributed by atoms with Gasteiger partial charge in [0.25, 0.3) is 0 Å². The fourth-order valence-corrected chi connectivity index (χ4v) is 2.46. The second-order valence-corrected chi connectivity index (χ2v) is 5.40. The maximum atomic E-state index is 5.12. The standard InChI is InChI=1S/C16H22N2O/c1-19-10-2-8-18-9-7-14-4-3-13(11-16(14)18)12-17-15-5-6-15/h3-4,7,9,11,15,17H,2,5-6,8,10,12H2,1H3. The van der Waals surface area contributed by atoms with Crippen molar-refractivity contribution >= 4 is 10.9 Å². The van der Waals surface area contributed by atoms with E-state index < -0.39 is 0 Å². The van der Waals surface area contributed by atoms with Gasteiger partial charge >= 0.3 is 0 Å². The van der Waals surface area contributed by atoms with Crippen LogP contribution < -0.4 is 5.32 Å². The molecule has 0 amide bonds. The summed E-state index contributed by atoms with van der Waals surface area (Å²) in [5.74, 6) is 0. The molecule has 1 aliphatic rings. The fourth-order valence-electron chi connectivity index (χ4n) is 2.46. The Bertz CT molecular complexity index is 543. The molecule has 0 saturated heterocycles. The van der Waals surface area contributed by atoms with Crippen LogP contribution >= 0.6 is 0 Å². The lowest BCUT2D eigenvalue weighted by molar-refractivity contribution is 0.190. The van der Waals surface area contributed by atoms with E-state index in [1.165, 1.54) is 29.3 Å². The molecule has 1 heterocycles. The summed E-state index contributed by atoms with van der Waals surface area (Å²) >= 11 is 0. The lowest BCUT2D eigenvalue weighted by Gasteiger charge is -2.07. The van der Waals surface area contributed by atoms with Crippen LogP contribution in [0.25, 0.3) is 10.9 Å². The van der Waals surface area contributed by atoms with Crippen LogP contribution in [0.2, 0.25) is 0 Å². The summed E-state index contributed by atoms with van der Waals surface area (Å²) in [7, 11) is 1.76. The number of aryl methyl sites for hydroxylation is 1. The van der Waals surface area contributed by atoms with Crippen molar-refractivity contribution in [1.82, 2.24) is 9.88 Å². The zero-order valence-corrected chi connectivity index (χ0v) is 11.6. The third-order valence-corrected chi connectivity index (χ3v) is 3.76. The average molecular weight is 258 g/mol. The number of rotatable bonds is 7. The third-order valence-electron chi connectivity index (χ3n) is 3.76. The molecule has 0 unspecified atom stereocenters. The van der Waals surface area contributed by atoms with E-state index >= 15 is 0 Å². The minimum absolute atomic E-state index is 0.768. The molecule has 1 fully saturated rings. The molecule has 3 rings (SSSR count). The number of nitrogens with zero attached hydrogens (tertiary/aromatic N) is 1. The van der Waals surface area contributed by atoms with Gasteiger partial charge in [0.05, 0.1) is 0 Å². The van der Waals surface area contributed by atoms with Crippen LogP contribution in [-0.4, -0.2) is 24.3 Å². The number of hydrogen-bond acceptors (Lipinski definition) is 2. The molecule has 19 heavy (non-hydrogen) atoms. The number of benzene rings is 1. The molecule has 1 aromatic heterocycles. The third kappa shape index (κ3) is 3.17. The molecule has 2 aromatic rings. The zero-order valence-electron chi connectivity index (χ0n) is 11.6. The van der Waals surface area contributed by atoms with Crippen molar-refractivity contribution in [2.75, 3.05) is 13.7 Å². The fraction of sp³-hybridized carbons (Fsp3) is 0.500. The minimum Gasteiger partial charge on any atom is -0.385 e. The Morgan fingerprint density at radius 1 is 1.32 bits per heavy atom. The molecular weight excluding hydrogens is 236 g/mol. The van der Waals surface area contributed by atoms with Crippen molar-refractivity contribution in [3.8, 4) is 0 Å². The van der Waals surface area contributed by atoms with Gasteiger partial charge in [0, 0.05) is 44.6 Å². The lowest BCUT2D eigenvalue weighted by Crippen LogP contribution is -2.15. The maximum absolute atomic E-state index is 5.12. The highest BCUT2D eigenvalue weighted by molar-refractivity contribution is 5.80. The summed E-state index contributed by atoms with van der Waals surface area (Å²) in [6, 6.07) is 9.74. The first kappa shape index (κ1) is 12.7. The highest BCUT2D eigenvalue weighted by Crippen LogP contribution is 2.21. The number of ether oxygens (including phenoxy) is 1. The molecular formula is C16H22N2O. The van der Waals surface area contributed by atoms with Crippen LogP contribution in [0.15, 0.2) is 30.5 Å². The smallest absolute Gasteiger partial charge is 0.0483 e. The normalized spacial score (nSPS) is 15.2. The van der Waals surface area contributed by atoms with Crippen LogP contribution in [0, 0.1) is 0 Å². The topological polar surface area (TPSA) is 26.2 Å². The summed E-state index contributed by atoms with van der Waals surface area (Å²) in [5, 5.41) is 4.90. The van der Waals surface area contributed by atoms with Gasteiger partial charge in [0.2, 0.25) is 0 Å². The molecule has 0 atom stereocenters. The van der Waals surface area contributed by atoms with Gasteiger partial charge in [-0.2, -0.15) is 0 Å². The molecule has 0 radical (unpaired) electrons. The number of hydrogen-bond donors (Lipinski definition) is 1. The molecule has 3 heteroatoms. The minimum atomic E-state index is 0.768. The Hall–Kier alpha value is -1.32. The Kier molecular flexibility index (Phi) is 3.85. The summed E-state index contributed by atoms with van der Waals surface area (Å²) in [6.07, 6.45) is 5.93. The van der Waals surface area contributed by atoms with E-state index in [0.29, 0.717) is 0 Å². The predicted octanol–water partition coefficient (Wildman–Crippen LogP) is 2.93. The summed E-state index contributed by atoms with van der Waals surface area (Å²) in [4.78, 5) is 0. The average Bonchev–Trinajstić information content (AvgIpc) is 3.18. The van der Waals surface area contributed by atoms with Crippen molar-refractivity contribution in [2.24, 2.45) is 0 Å². The van der Waals surface area contributed by atoms with Crippen LogP contribution in [-0.2, 0) is 17.8 Å². The molecule has 0 bridgehead atoms. The monoisotopic (exact) mass is 258 g/mol. The van der Waals surface area contributed by atoms with Crippen LogP contribution in [0.1, 0.15) is 24.8 Å². The Morgan fingerprint density at radius 3 is 3.00 bits per heavy atom. The number of fused-ring (bicyclic) bond motifs is 1. The van der Waals surface area contributed by atoms with Crippen molar-refractivity contribution in [2.45, 2.75) is 38.4 Å². The summed E-state index contributed by atoms with van der Waals surface area (Å²) in [5.41, 5.74) is 2.72. The quantitative estimate of drug-likeness (QED) is 0.773. The molecule has 102 valence electrons. The first-order valence-corrected chi connectivity index (χ1v) is 7.17. The molecule has 3 nitrogen and oxygen atoms in total. The van der Waals surface area contributed by atoms with Gasteiger partial charge in [0.1, 0.15) is 0 Å². The zero-order chi connectivity index (χ0) is 13.1. The summed E-state index contributed by atoms with van der Waals surface area (Å²) in [6.45, 7) is 2.84. The molecule has 1 aliphatic carbocycles. The van der Waals surface area contributed by atoms with Crippen LogP contribution in [0.3, 0.4) is 0 Å². The van der Waals surface area contributed by atoms with Gasteiger partial charge in [-0.15, -0.1) is 0 Å². The first-order chi connectivity index (χ1) is 9.36. The molecule has 0 spiro atoms. The molecule has 0 aliphatic heterocycles. The van der Waals surface area contributed by atoms with Gasteiger partial charge in [-0.3, -0.25) is 0 Å². The Morgan fingerprint density at radius 2 is 2.21 bits per heavy atom.